The van der Waals surface area contributed by atoms with Crippen molar-refractivity contribution < 1.29 is 30.8 Å². The molecule has 1 saturated heterocycles. The average Bonchev–Trinajstić information content (AvgIpc) is 3.16. The highest BCUT2D eigenvalue weighted by Crippen LogP contribution is 2.51. The van der Waals surface area contributed by atoms with E-state index in [-0.39, 0.29) is 23.7 Å². The fraction of sp³-hybridized carbons (Fsp3) is 0.577. The van der Waals surface area contributed by atoms with Gasteiger partial charge >= 0.3 is 11.9 Å². The Labute approximate surface area is 215 Å². The molecule has 0 saturated carbocycles. The molecule has 0 radical (unpaired) electrons. The van der Waals surface area contributed by atoms with Crippen molar-refractivity contribution in [1.82, 2.24) is 20.1 Å². The van der Waals surface area contributed by atoms with Gasteiger partial charge in [-0.2, -0.15) is 13.2 Å². The number of nitrogens with zero attached hydrogens (tertiary/aromatic N) is 2. The summed E-state index contributed by atoms with van der Waals surface area (Å²) in [5, 5.41) is 3.10. The molecule has 208 valence electrons. The Balaban J connectivity index is 1.49. The number of fused-ring (bicyclic) bond motifs is 3. The first-order valence-corrected chi connectivity index (χ1v) is 12.7. The first kappa shape index (κ1) is 26.9. The molecule has 3 heterocycles. The summed E-state index contributed by atoms with van der Waals surface area (Å²) < 4.78 is 90.9. The van der Waals surface area contributed by atoms with E-state index >= 15 is 8.78 Å². The highest BCUT2D eigenvalue weighted by molar-refractivity contribution is 5.78. The maximum atomic E-state index is 16.3. The molecule has 2 N–H and O–H groups in total. The number of oxazole rings is 1. The molecule has 2 aromatic rings. The summed E-state index contributed by atoms with van der Waals surface area (Å²) in [6.45, 7) is 2.78. The zero-order chi connectivity index (χ0) is 27.4. The summed E-state index contributed by atoms with van der Waals surface area (Å²) in [5.74, 6) is -3.16. The second-order valence-electron chi connectivity index (χ2n) is 10.7. The zero-order valence-electron chi connectivity index (χ0n) is 21.0. The van der Waals surface area contributed by atoms with Gasteiger partial charge < -0.3 is 9.73 Å². The average molecular weight is 545 g/mol. The van der Waals surface area contributed by atoms with Gasteiger partial charge in [0.25, 0.3) is 0 Å². The lowest BCUT2D eigenvalue weighted by Gasteiger charge is -2.48. The van der Waals surface area contributed by atoms with E-state index in [1.807, 2.05) is 4.90 Å². The standard InChI is InChI=1S/C26H30F6N4O2/c1-14-8-18-17(4-5-20-23(18)38-24(37)34-20)22(36(14)13-26(30,31)32)21-19(28)9-15(10-25(21,2)29)33-16-11-35(12-16)7-3-6-27/h4-5,9-10,14,16,21-22,33H,3,6-8,11-13H2,1-2H3,(H,34,37)/t14-,21?,22+,25?/m1/s1. The van der Waals surface area contributed by atoms with E-state index in [0.29, 0.717) is 42.7 Å². The lowest BCUT2D eigenvalue weighted by atomic mass is 9.73. The molecule has 38 heavy (non-hydrogen) atoms. The van der Waals surface area contributed by atoms with Crippen molar-refractivity contribution >= 4 is 11.1 Å². The largest absolute Gasteiger partial charge is 0.417 e. The summed E-state index contributed by atoms with van der Waals surface area (Å²) in [6, 6.07) is 0.895. The summed E-state index contributed by atoms with van der Waals surface area (Å²) in [4.78, 5) is 17.5. The maximum Gasteiger partial charge on any atom is 0.417 e. The number of nitrogens with one attached hydrogen (secondary N) is 2. The Hall–Kier alpha value is -2.73. The van der Waals surface area contributed by atoms with Crippen LogP contribution >= 0.6 is 0 Å². The number of aromatic nitrogens is 1. The topological polar surface area (TPSA) is 64.5 Å². The van der Waals surface area contributed by atoms with Gasteiger partial charge in [0.05, 0.1) is 30.7 Å². The SMILES string of the molecule is C[C@@H]1Cc2c(ccc3[nH]c(=O)oc23)[C@@H](C2C(F)=CC(NC3CN(CCCF)C3)=CC2(C)F)N1CC(F)(F)F. The molecule has 1 aromatic carbocycles. The lowest BCUT2D eigenvalue weighted by Crippen LogP contribution is -2.58. The van der Waals surface area contributed by atoms with Gasteiger partial charge in [-0.1, -0.05) is 6.07 Å². The van der Waals surface area contributed by atoms with Crippen molar-refractivity contribution in [2.24, 2.45) is 5.92 Å². The third-order valence-corrected chi connectivity index (χ3v) is 7.72. The zero-order valence-corrected chi connectivity index (χ0v) is 21.0. The predicted molar refractivity (Wildman–Crippen MR) is 130 cm³/mol. The van der Waals surface area contributed by atoms with E-state index in [4.69, 9.17) is 4.42 Å². The van der Waals surface area contributed by atoms with Crippen LogP contribution in [0.4, 0.5) is 26.3 Å². The van der Waals surface area contributed by atoms with Crippen LogP contribution in [0.15, 0.2) is 45.0 Å². The number of H-pyrrole nitrogens is 1. The molecule has 6 nitrogen and oxygen atoms in total. The number of aromatic amines is 1. The van der Waals surface area contributed by atoms with Crippen molar-refractivity contribution in [2.45, 2.75) is 56.7 Å². The van der Waals surface area contributed by atoms with Gasteiger partial charge in [-0.3, -0.25) is 19.2 Å². The number of allylic oxidation sites excluding steroid dienone is 2. The third-order valence-electron chi connectivity index (χ3n) is 7.72. The molecule has 1 aliphatic carbocycles. The van der Waals surface area contributed by atoms with Crippen LogP contribution in [0.1, 0.15) is 37.4 Å². The number of alkyl halides is 5. The lowest BCUT2D eigenvalue weighted by molar-refractivity contribution is -0.162. The Bertz CT molecular complexity index is 1310. The number of halogens is 6. The first-order valence-electron chi connectivity index (χ1n) is 12.7. The highest BCUT2D eigenvalue weighted by atomic mass is 19.4. The van der Waals surface area contributed by atoms with Crippen LogP contribution in [-0.4, -0.2) is 71.6 Å². The van der Waals surface area contributed by atoms with Gasteiger partial charge in [-0.05, 0) is 50.5 Å². The highest BCUT2D eigenvalue weighted by Gasteiger charge is 2.52. The van der Waals surface area contributed by atoms with E-state index in [0.717, 1.165) is 11.0 Å². The van der Waals surface area contributed by atoms with E-state index < -0.39 is 54.6 Å². The third kappa shape index (κ3) is 5.12. The molecule has 1 aromatic heterocycles. The van der Waals surface area contributed by atoms with Crippen LogP contribution in [-0.2, 0) is 6.42 Å². The molecule has 4 atom stereocenters. The minimum Gasteiger partial charge on any atom is -0.408 e. The van der Waals surface area contributed by atoms with Crippen molar-refractivity contribution in [3.63, 3.8) is 0 Å². The number of hydrogen-bond acceptors (Lipinski definition) is 5. The normalized spacial score (nSPS) is 29.1. The minimum absolute atomic E-state index is 0.0702. The van der Waals surface area contributed by atoms with Crippen molar-refractivity contribution in [3.05, 3.63) is 57.5 Å². The number of rotatable bonds is 7. The van der Waals surface area contributed by atoms with Gasteiger partial charge in [0, 0.05) is 43.0 Å². The molecule has 3 aliphatic rings. The van der Waals surface area contributed by atoms with Crippen molar-refractivity contribution in [1.29, 1.82) is 0 Å². The fourth-order valence-electron chi connectivity index (χ4n) is 6.12. The van der Waals surface area contributed by atoms with Gasteiger partial charge in [0.15, 0.2) is 5.58 Å². The van der Waals surface area contributed by atoms with Gasteiger partial charge in [-0.25, -0.2) is 13.6 Å². The van der Waals surface area contributed by atoms with Gasteiger partial charge in [0.2, 0.25) is 0 Å². The smallest absolute Gasteiger partial charge is 0.408 e. The van der Waals surface area contributed by atoms with Crippen LogP contribution < -0.4 is 11.1 Å². The monoisotopic (exact) mass is 544 g/mol. The van der Waals surface area contributed by atoms with E-state index in [1.54, 1.807) is 6.92 Å². The second kappa shape index (κ2) is 9.78. The summed E-state index contributed by atoms with van der Waals surface area (Å²) in [5.41, 5.74) is -0.785. The molecule has 2 unspecified atom stereocenters. The Morgan fingerprint density at radius 2 is 2.00 bits per heavy atom. The maximum absolute atomic E-state index is 16.3. The van der Waals surface area contributed by atoms with Gasteiger partial charge in [0.1, 0.15) is 11.5 Å². The Kier molecular flexibility index (Phi) is 6.91. The quantitative estimate of drug-likeness (QED) is 0.495. The second-order valence-corrected chi connectivity index (χ2v) is 10.7. The molecule has 12 heteroatoms. The van der Waals surface area contributed by atoms with Crippen molar-refractivity contribution in [3.8, 4) is 0 Å². The molecule has 5 rings (SSSR count). The van der Waals surface area contributed by atoms with Crippen LogP contribution in [0.5, 0.6) is 0 Å². The van der Waals surface area contributed by atoms with Gasteiger partial charge in [-0.15, -0.1) is 0 Å². The Morgan fingerprint density at radius 1 is 1.26 bits per heavy atom. The molecule has 2 aliphatic heterocycles. The van der Waals surface area contributed by atoms with Crippen LogP contribution in [0, 0.1) is 5.92 Å². The summed E-state index contributed by atoms with van der Waals surface area (Å²) in [6.07, 6.45) is -1.69. The number of benzene rings is 1. The number of likely N-dealkylation sites (tertiary alicyclic amines) is 1. The predicted octanol–water partition coefficient (Wildman–Crippen LogP) is 4.70. The van der Waals surface area contributed by atoms with Crippen LogP contribution in [0.25, 0.3) is 11.1 Å². The molecular formula is C26H30F6N4O2. The molecule has 0 amide bonds. The van der Waals surface area contributed by atoms with E-state index in [1.165, 1.54) is 25.1 Å². The summed E-state index contributed by atoms with van der Waals surface area (Å²) >= 11 is 0. The Morgan fingerprint density at radius 3 is 2.66 bits per heavy atom. The van der Waals surface area contributed by atoms with Crippen LogP contribution in [0.3, 0.4) is 0 Å². The fourth-order valence-corrected chi connectivity index (χ4v) is 6.12. The summed E-state index contributed by atoms with van der Waals surface area (Å²) in [7, 11) is 0. The molecular weight excluding hydrogens is 514 g/mol. The first-order chi connectivity index (χ1) is 17.9. The van der Waals surface area contributed by atoms with E-state index in [9.17, 15) is 22.4 Å². The number of hydrogen-bond donors (Lipinski definition) is 2. The van der Waals surface area contributed by atoms with Crippen LogP contribution in [0.2, 0.25) is 0 Å². The minimum atomic E-state index is -4.60. The van der Waals surface area contributed by atoms with Crippen molar-refractivity contribution in [2.75, 3.05) is 32.9 Å². The van der Waals surface area contributed by atoms with E-state index in [2.05, 4.69) is 10.3 Å². The molecule has 0 spiro atoms. The molecule has 1 fully saturated rings. The molecule has 0 bridgehead atoms.